The average molecular weight is 184 g/mol. The molecule has 0 radical (unpaired) electrons. The van der Waals surface area contributed by atoms with Crippen molar-refractivity contribution in [2.45, 2.75) is 19.1 Å². The highest BCUT2D eigenvalue weighted by Gasteiger charge is 2.02. The van der Waals surface area contributed by atoms with Crippen molar-refractivity contribution in [1.82, 2.24) is 5.32 Å². The van der Waals surface area contributed by atoms with Crippen molar-refractivity contribution < 1.29 is 9.52 Å². The maximum atomic E-state index is 9.30. The Morgan fingerprint density at radius 2 is 2.46 bits per heavy atom. The molecule has 0 saturated carbocycles. The van der Waals surface area contributed by atoms with Crippen molar-refractivity contribution in [3.63, 3.8) is 0 Å². The highest BCUT2D eigenvalue weighted by molar-refractivity contribution is 4.97. The lowest BCUT2D eigenvalue weighted by Gasteiger charge is -2.08. The van der Waals surface area contributed by atoms with Crippen LogP contribution in [0.2, 0.25) is 0 Å². The van der Waals surface area contributed by atoms with Gasteiger partial charge in [0.25, 0.3) is 0 Å². The van der Waals surface area contributed by atoms with Crippen LogP contribution in [-0.2, 0) is 6.54 Å². The molecular weight excluding hydrogens is 168 g/mol. The fourth-order valence-electron chi connectivity index (χ4n) is 1.07. The van der Waals surface area contributed by atoms with Gasteiger partial charge in [0.05, 0.1) is 18.9 Å². The Morgan fingerprint density at radius 3 is 3.08 bits per heavy atom. The predicted octanol–water partition coefficient (Wildman–Crippen LogP) is 0.0789. The van der Waals surface area contributed by atoms with Crippen LogP contribution in [0.1, 0.15) is 12.2 Å². The highest BCUT2D eigenvalue weighted by Crippen LogP contribution is 1.98. The Balaban J connectivity index is 2.07. The van der Waals surface area contributed by atoms with Gasteiger partial charge in [-0.25, -0.2) is 0 Å². The molecule has 1 atom stereocenters. The number of rotatable bonds is 6. The van der Waals surface area contributed by atoms with Gasteiger partial charge >= 0.3 is 0 Å². The molecule has 13 heavy (non-hydrogen) atoms. The lowest BCUT2D eigenvalue weighted by Crippen LogP contribution is -2.28. The maximum Gasteiger partial charge on any atom is 0.117 e. The molecule has 1 aromatic heterocycles. The number of hydrogen-bond acceptors (Lipinski definition) is 4. The Morgan fingerprint density at radius 1 is 1.62 bits per heavy atom. The van der Waals surface area contributed by atoms with E-state index < -0.39 is 0 Å². The Hall–Kier alpha value is -0.840. The maximum absolute atomic E-state index is 9.30. The third-order valence-corrected chi connectivity index (χ3v) is 1.76. The van der Waals surface area contributed by atoms with Gasteiger partial charge in [0.1, 0.15) is 5.76 Å². The van der Waals surface area contributed by atoms with E-state index in [0.717, 1.165) is 5.76 Å². The summed E-state index contributed by atoms with van der Waals surface area (Å²) < 4.78 is 5.11. The van der Waals surface area contributed by atoms with Crippen molar-refractivity contribution in [2.75, 3.05) is 13.1 Å². The van der Waals surface area contributed by atoms with Gasteiger partial charge in [-0.05, 0) is 25.1 Å². The summed E-state index contributed by atoms with van der Waals surface area (Å²) in [4.78, 5) is 0. The van der Waals surface area contributed by atoms with Crippen LogP contribution in [0, 0.1) is 0 Å². The van der Waals surface area contributed by atoms with Gasteiger partial charge in [0.2, 0.25) is 0 Å². The van der Waals surface area contributed by atoms with Crippen molar-refractivity contribution in [3.8, 4) is 0 Å². The minimum atomic E-state index is -0.361. The SMILES string of the molecule is NCCC(O)CNCc1ccco1. The van der Waals surface area contributed by atoms with Crippen LogP contribution in [0.25, 0.3) is 0 Å². The molecule has 74 valence electrons. The number of nitrogens with one attached hydrogen (secondary N) is 1. The molecule has 0 aliphatic rings. The number of nitrogens with two attached hydrogens (primary N) is 1. The number of furan rings is 1. The van der Waals surface area contributed by atoms with E-state index in [4.69, 9.17) is 10.2 Å². The largest absolute Gasteiger partial charge is 0.468 e. The van der Waals surface area contributed by atoms with Crippen molar-refractivity contribution >= 4 is 0 Å². The number of aliphatic hydroxyl groups excluding tert-OH is 1. The zero-order valence-electron chi connectivity index (χ0n) is 7.57. The van der Waals surface area contributed by atoms with Gasteiger partial charge in [-0.3, -0.25) is 0 Å². The van der Waals surface area contributed by atoms with Crippen LogP contribution in [0.3, 0.4) is 0 Å². The molecule has 1 heterocycles. The molecule has 1 aromatic rings. The van der Waals surface area contributed by atoms with Gasteiger partial charge in [-0.2, -0.15) is 0 Å². The Kier molecular flexibility index (Phi) is 4.53. The topological polar surface area (TPSA) is 71.4 Å². The summed E-state index contributed by atoms with van der Waals surface area (Å²) in [6.45, 7) is 1.72. The van der Waals surface area contributed by atoms with E-state index in [1.54, 1.807) is 6.26 Å². The summed E-state index contributed by atoms with van der Waals surface area (Å²) in [5.41, 5.74) is 5.29. The normalized spacial score (nSPS) is 13.1. The Bertz CT molecular complexity index is 211. The van der Waals surface area contributed by atoms with E-state index >= 15 is 0 Å². The van der Waals surface area contributed by atoms with E-state index in [-0.39, 0.29) is 6.10 Å². The molecular formula is C9H16N2O2. The first kappa shape index (κ1) is 10.2. The summed E-state index contributed by atoms with van der Waals surface area (Å²) in [5, 5.41) is 12.4. The summed E-state index contributed by atoms with van der Waals surface area (Å²) in [7, 11) is 0. The second-order valence-corrected chi connectivity index (χ2v) is 2.94. The average Bonchev–Trinajstić information content (AvgIpc) is 2.57. The molecule has 0 fully saturated rings. The van der Waals surface area contributed by atoms with E-state index in [2.05, 4.69) is 5.32 Å². The molecule has 0 aliphatic carbocycles. The fraction of sp³-hybridized carbons (Fsp3) is 0.556. The molecule has 4 heteroatoms. The second kappa shape index (κ2) is 5.75. The van der Waals surface area contributed by atoms with Gasteiger partial charge in [-0.1, -0.05) is 0 Å². The minimum Gasteiger partial charge on any atom is -0.468 e. The standard InChI is InChI=1S/C9H16N2O2/c10-4-3-8(12)6-11-7-9-2-1-5-13-9/h1-2,5,8,11-12H,3-4,6-7,10H2. The van der Waals surface area contributed by atoms with Gasteiger partial charge in [0, 0.05) is 6.54 Å². The first-order valence-electron chi connectivity index (χ1n) is 4.44. The molecule has 1 unspecified atom stereocenters. The third kappa shape index (κ3) is 4.07. The van der Waals surface area contributed by atoms with E-state index in [0.29, 0.717) is 26.1 Å². The van der Waals surface area contributed by atoms with Crippen LogP contribution in [-0.4, -0.2) is 24.3 Å². The van der Waals surface area contributed by atoms with Crippen LogP contribution >= 0.6 is 0 Å². The van der Waals surface area contributed by atoms with Gasteiger partial charge < -0.3 is 20.6 Å². The molecule has 0 amide bonds. The third-order valence-electron chi connectivity index (χ3n) is 1.76. The van der Waals surface area contributed by atoms with Gasteiger partial charge in [0.15, 0.2) is 0 Å². The summed E-state index contributed by atoms with van der Waals surface area (Å²) >= 11 is 0. The lowest BCUT2D eigenvalue weighted by molar-refractivity contribution is 0.163. The van der Waals surface area contributed by atoms with Gasteiger partial charge in [-0.15, -0.1) is 0 Å². The first-order chi connectivity index (χ1) is 6.33. The zero-order valence-corrected chi connectivity index (χ0v) is 7.57. The van der Waals surface area contributed by atoms with E-state index in [1.807, 2.05) is 12.1 Å². The monoisotopic (exact) mass is 184 g/mol. The minimum absolute atomic E-state index is 0.361. The summed E-state index contributed by atoms with van der Waals surface area (Å²) in [6, 6.07) is 3.73. The molecule has 1 rings (SSSR count). The number of hydrogen-bond donors (Lipinski definition) is 3. The molecule has 0 spiro atoms. The van der Waals surface area contributed by atoms with Crippen LogP contribution in [0.5, 0.6) is 0 Å². The van der Waals surface area contributed by atoms with Crippen LogP contribution < -0.4 is 11.1 Å². The molecule has 0 bridgehead atoms. The molecule has 4 nitrogen and oxygen atoms in total. The molecule has 0 aromatic carbocycles. The quantitative estimate of drug-likeness (QED) is 0.585. The van der Waals surface area contributed by atoms with Crippen LogP contribution in [0.4, 0.5) is 0 Å². The molecule has 0 aliphatic heterocycles. The lowest BCUT2D eigenvalue weighted by atomic mass is 10.2. The van der Waals surface area contributed by atoms with E-state index in [9.17, 15) is 5.11 Å². The first-order valence-corrected chi connectivity index (χ1v) is 4.44. The molecule has 0 saturated heterocycles. The predicted molar refractivity (Wildman–Crippen MR) is 50.1 cm³/mol. The van der Waals surface area contributed by atoms with E-state index in [1.165, 1.54) is 0 Å². The van der Waals surface area contributed by atoms with Crippen LogP contribution in [0.15, 0.2) is 22.8 Å². The summed E-state index contributed by atoms with van der Waals surface area (Å²) in [5.74, 6) is 0.875. The Labute approximate surface area is 77.7 Å². The smallest absolute Gasteiger partial charge is 0.117 e. The van der Waals surface area contributed by atoms with Crippen molar-refractivity contribution in [3.05, 3.63) is 24.2 Å². The summed E-state index contributed by atoms with van der Waals surface area (Å²) in [6.07, 6.45) is 1.90. The zero-order chi connectivity index (χ0) is 9.52. The highest BCUT2D eigenvalue weighted by atomic mass is 16.3. The second-order valence-electron chi connectivity index (χ2n) is 2.94. The fourth-order valence-corrected chi connectivity index (χ4v) is 1.07. The number of aliphatic hydroxyl groups is 1. The van der Waals surface area contributed by atoms with Crippen molar-refractivity contribution in [2.24, 2.45) is 5.73 Å². The van der Waals surface area contributed by atoms with Crippen molar-refractivity contribution in [1.29, 1.82) is 0 Å². The molecule has 4 N–H and O–H groups in total.